The van der Waals surface area contributed by atoms with Gasteiger partial charge in [-0.25, -0.2) is 8.42 Å². The van der Waals surface area contributed by atoms with Gasteiger partial charge in [-0.05, 0) is 61.7 Å². The van der Waals surface area contributed by atoms with Crippen LogP contribution in [0.15, 0.2) is 41.3 Å². The van der Waals surface area contributed by atoms with Gasteiger partial charge in [0.2, 0.25) is 0 Å². The van der Waals surface area contributed by atoms with E-state index in [9.17, 15) is 8.42 Å². The molecule has 0 bridgehead atoms. The molecule has 0 aromatic heterocycles. The van der Waals surface area contributed by atoms with Crippen LogP contribution >= 0.6 is 10.7 Å². The predicted molar refractivity (Wildman–Crippen MR) is 80.2 cm³/mol. The van der Waals surface area contributed by atoms with Gasteiger partial charge in [0.15, 0.2) is 0 Å². The van der Waals surface area contributed by atoms with Crippen LogP contribution in [0, 0.1) is 20.8 Å². The van der Waals surface area contributed by atoms with Crippen molar-refractivity contribution in [2.45, 2.75) is 25.7 Å². The van der Waals surface area contributed by atoms with Gasteiger partial charge in [0.05, 0.1) is 4.90 Å². The molecule has 2 aromatic rings. The second kappa shape index (κ2) is 5.46. The molecule has 5 heteroatoms. The van der Waals surface area contributed by atoms with Crippen molar-refractivity contribution in [3.05, 3.63) is 53.1 Å². The molecule has 0 amide bonds. The molecule has 0 heterocycles. The fourth-order valence-electron chi connectivity index (χ4n) is 1.90. The Labute approximate surface area is 123 Å². The Balaban J connectivity index is 2.36. The smallest absolute Gasteiger partial charge is 0.261 e. The van der Waals surface area contributed by atoms with Gasteiger partial charge in [0.25, 0.3) is 9.05 Å². The lowest BCUT2D eigenvalue weighted by Gasteiger charge is -2.11. The number of ether oxygens (including phenoxy) is 1. The monoisotopic (exact) mass is 310 g/mol. The van der Waals surface area contributed by atoms with Crippen LogP contribution in [0.2, 0.25) is 0 Å². The second-order valence-electron chi connectivity index (χ2n) is 4.74. The van der Waals surface area contributed by atoms with E-state index in [4.69, 9.17) is 15.4 Å². The third-order valence-corrected chi connectivity index (χ3v) is 4.46. The molecule has 0 fully saturated rings. The molecule has 0 spiro atoms. The summed E-state index contributed by atoms with van der Waals surface area (Å²) in [6.07, 6.45) is 0. The quantitative estimate of drug-likeness (QED) is 0.792. The third kappa shape index (κ3) is 3.32. The molecule has 0 atom stereocenters. The molecular weight excluding hydrogens is 296 g/mol. The lowest BCUT2D eigenvalue weighted by atomic mass is 10.1. The number of hydrogen-bond acceptors (Lipinski definition) is 3. The molecule has 2 aromatic carbocycles. The first-order chi connectivity index (χ1) is 9.27. The molecule has 0 aliphatic rings. The maximum Gasteiger partial charge on any atom is 0.261 e. The molecule has 0 saturated carbocycles. The zero-order chi connectivity index (χ0) is 14.9. The molecule has 20 heavy (non-hydrogen) atoms. The van der Waals surface area contributed by atoms with Crippen molar-refractivity contribution >= 4 is 19.7 Å². The Morgan fingerprint density at radius 2 is 1.65 bits per heavy atom. The van der Waals surface area contributed by atoms with Crippen LogP contribution in [-0.4, -0.2) is 8.42 Å². The molecule has 0 radical (unpaired) electrons. The summed E-state index contributed by atoms with van der Waals surface area (Å²) in [5, 5.41) is 0. The Hall–Kier alpha value is -1.52. The van der Waals surface area contributed by atoms with Crippen LogP contribution in [0.4, 0.5) is 0 Å². The predicted octanol–water partition coefficient (Wildman–Crippen LogP) is 4.33. The van der Waals surface area contributed by atoms with E-state index in [-0.39, 0.29) is 4.90 Å². The van der Waals surface area contributed by atoms with Gasteiger partial charge in [0, 0.05) is 10.7 Å². The fraction of sp³-hybridized carbons (Fsp3) is 0.200. The summed E-state index contributed by atoms with van der Waals surface area (Å²) in [4.78, 5) is 0.104. The van der Waals surface area contributed by atoms with E-state index in [2.05, 4.69) is 0 Å². The van der Waals surface area contributed by atoms with Gasteiger partial charge < -0.3 is 4.74 Å². The molecule has 0 saturated heterocycles. The highest BCUT2D eigenvalue weighted by molar-refractivity contribution is 8.13. The van der Waals surface area contributed by atoms with Crippen molar-refractivity contribution < 1.29 is 13.2 Å². The van der Waals surface area contributed by atoms with Crippen LogP contribution in [0.25, 0.3) is 0 Å². The zero-order valence-electron chi connectivity index (χ0n) is 11.5. The summed E-state index contributed by atoms with van der Waals surface area (Å²) < 4.78 is 28.5. The highest BCUT2D eigenvalue weighted by Crippen LogP contribution is 2.29. The first kappa shape index (κ1) is 14.9. The van der Waals surface area contributed by atoms with E-state index in [0.717, 1.165) is 16.9 Å². The standard InChI is InChI=1S/C15H15ClO3S/c1-10-4-5-11(2)14(8-10)19-13-6-7-15(12(3)9-13)20(16,17)18/h4-9H,1-3H3. The van der Waals surface area contributed by atoms with Gasteiger partial charge >= 0.3 is 0 Å². The maximum atomic E-state index is 11.3. The highest BCUT2D eigenvalue weighted by Gasteiger charge is 2.14. The Bertz CT molecular complexity index is 752. The van der Waals surface area contributed by atoms with E-state index < -0.39 is 9.05 Å². The van der Waals surface area contributed by atoms with Crippen molar-refractivity contribution in [1.29, 1.82) is 0 Å². The topological polar surface area (TPSA) is 43.4 Å². The van der Waals surface area contributed by atoms with E-state index in [1.165, 1.54) is 6.07 Å². The Morgan fingerprint density at radius 1 is 0.950 bits per heavy atom. The molecule has 2 rings (SSSR count). The number of halogens is 1. The SMILES string of the molecule is Cc1ccc(C)c(Oc2ccc(S(=O)(=O)Cl)c(C)c2)c1. The van der Waals surface area contributed by atoms with Gasteiger partial charge in [0.1, 0.15) is 11.5 Å². The van der Waals surface area contributed by atoms with Crippen molar-refractivity contribution in [2.75, 3.05) is 0 Å². The molecular formula is C15H15ClO3S. The lowest BCUT2D eigenvalue weighted by molar-refractivity contribution is 0.477. The molecule has 0 aliphatic carbocycles. The number of rotatable bonds is 3. The minimum atomic E-state index is -3.72. The first-order valence-corrected chi connectivity index (χ1v) is 8.39. The molecule has 0 N–H and O–H groups in total. The van der Waals surface area contributed by atoms with Gasteiger partial charge in [-0.3, -0.25) is 0 Å². The van der Waals surface area contributed by atoms with Gasteiger partial charge in [-0.15, -0.1) is 0 Å². The number of aryl methyl sites for hydroxylation is 3. The van der Waals surface area contributed by atoms with Crippen molar-refractivity contribution in [2.24, 2.45) is 0 Å². The zero-order valence-corrected chi connectivity index (χ0v) is 13.0. The minimum absolute atomic E-state index is 0.104. The average molecular weight is 311 g/mol. The van der Waals surface area contributed by atoms with Crippen LogP contribution in [-0.2, 0) is 9.05 Å². The minimum Gasteiger partial charge on any atom is -0.457 e. The van der Waals surface area contributed by atoms with Crippen molar-refractivity contribution in [3.63, 3.8) is 0 Å². The van der Waals surface area contributed by atoms with Gasteiger partial charge in [-0.2, -0.15) is 0 Å². The Morgan fingerprint density at radius 3 is 2.25 bits per heavy atom. The summed E-state index contributed by atoms with van der Waals surface area (Å²) >= 11 is 0. The van der Waals surface area contributed by atoms with Crippen molar-refractivity contribution in [1.82, 2.24) is 0 Å². The maximum absolute atomic E-state index is 11.3. The van der Waals surface area contributed by atoms with Crippen LogP contribution in [0.5, 0.6) is 11.5 Å². The first-order valence-electron chi connectivity index (χ1n) is 6.08. The molecule has 3 nitrogen and oxygen atoms in total. The summed E-state index contributed by atoms with van der Waals surface area (Å²) in [5.41, 5.74) is 2.67. The second-order valence-corrected chi connectivity index (χ2v) is 7.27. The van der Waals surface area contributed by atoms with E-state index in [1.807, 2.05) is 32.0 Å². The largest absolute Gasteiger partial charge is 0.457 e. The van der Waals surface area contributed by atoms with Gasteiger partial charge in [-0.1, -0.05) is 12.1 Å². The molecule has 106 valence electrons. The lowest BCUT2D eigenvalue weighted by Crippen LogP contribution is -1.95. The summed E-state index contributed by atoms with van der Waals surface area (Å²) in [5.74, 6) is 1.34. The fourth-order valence-corrected chi connectivity index (χ4v) is 3.10. The normalized spacial score (nSPS) is 11.4. The highest BCUT2D eigenvalue weighted by atomic mass is 35.7. The summed E-state index contributed by atoms with van der Waals surface area (Å²) in [6, 6.07) is 10.7. The van der Waals surface area contributed by atoms with Crippen LogP contribution < -0.4 is 4.74 Å². The molecule has 0 unspecified atom stereocenters. The Kier molecular flexibility index (Phi) is 4.06. The third-order valence-electron chi connectivity index (χ3n) is 2.98. The van der Waals surface area contributed by atoms with E-state index in [0.29, 0.717) is 11.3 Å². The van der Waals surface area contributed by atoms with Crippen LogP contribution in [0.3, 0.4) is 0 Å². The summed E-state index contributed by atoms with van der Waals surface area (Å²) in [7, 11) is 1.63. The average Bonchev–Trinajstić information content (AvgIpc) is 2.32. The molecule has 0 aliphatic heterocycles. The summed E-state index contributed by atoms with van der Waals surface area (Å²) in [6.45, 7) is 5.63. The van der Waals surface area contributed by atoms with E-state index in [1.54, 1.807) is 19.1 Å². The van der Waals surface area contributed by atoms with Crippen LogP contribution in [0.1, 0.15) is 16.7 Å². The van der Waals surface area contributed by atoms with E-state index >= 15 is 0 Å². The number of benzene rings is 2. The van der Waals surface area contributed by atoms with Crippen molar-refractivity contribution in [3.8, 4) is 11.5 Å². The number of hydrogen-bond donors (Lipinski definition) is 0.